The van der Waals surface area contributed by atoms with Crippen molar-refractivity contribution in [1.82, 2.24) is 5.32 Å². The van der Waals surface area contributed by atoms with E-state index >= 15 is 0 Å². The molecule has 1 N–H and O–H groups in total. The monoisotopic (exact) mass is 409 g/mol. The van der Waals surface area contributed by atoms with Crippen molar-refractivity contribution >= 4 is 41.4 Å². The Kier molecular flexibility index (Phi) is 6.21. The van der Waals surface area contributed by atoms with Crippen molar-refractivity contribution in [3.05, 3.63) is 54.1 Å². The molecule has 1 heterocycles. The van der Waals surface area contributed by atoms with E-state index in [1.54, 1.807) is 31.2 Å². The first-order chi connectivity index (χ1) is 14.4. The molecule has 1 aliphatic heterocycles. The maximum atomic E-state index is 12.8. The molecule has 0 spiro atoms. The lowest BCUT2D eigenvalue weighted by atomic mass is 10.1. The number of barbiturate groups is 1. The van der Waals surface area contributed by atoms with E-state index in [9.17, 15) is 19.2 Å². The van der Waals surface area contributed by atoms with Gasteiger partial charge in [-0.1, -0.05) is 0 Å². The maximum absolute atomic E-state index is 12.8. The molecule has 154 valence electrons. The predicted octanol–water partition coefficient (Wildman–Crippen LogP) is 2.47. The minimum atomic E-state index is -1.28. The number of aliphatic imine (C=N–C) groups is 1. The number of imide groups is 2. The van der Waals surface area contributed by atoms with Gasteiger partial charge in [0.05, 0.1) is 30.7 Å². The number of hydrogen-bond acceptors (Lipinski definition) is 7. The molecular weight excluding hydrogens is 390 g/mol. The summed E-state index contributed by atoms with van der Waals surface area (Å²) >= 11 is 0. The molecular formula is C21H19N3O6. The first-order valence-electron chi connectivity index (χ1n) is 9.08. The average molecular weight is 409 g/mol. The lowest BCUT2D eigenvalue weighted by Crippen LogP contribution is -2.58. The zero-order valence-corrected chi connectivity index (χ0v) is 16.3. The van der Waals surface area contributed by atoms with Gasteiger partial charge in [0.15, 0.2) is 5.92 Å². The van der Waals surface area contributed by atoms with Crippen LogP contribution in [0.25, 0.3) is 0 Å². The van der Waals surface area contributed by atoms with Crippen molar-refractivity contribution < 1.29 is 28.7 Å². The van der Waals surface area contributed by atoms with Crippen molar-refractivity contribution in [2.45, 2.75) is 6.92 Å². The van der Waals surface area contributed by atoms with Gasteiger partial charge in [-0.25, -0.2) is 14.5 Å². The number of esters is 1. The second-order valence-corrected chi connectivity index (χ2v) is 6.19. The van der Waals surface area contributed by atoms with Gasteiger partial charge < -0.3 is 9.47 Å². The summed E-state index contributed by atoms with van der Waals surface area (Å²) in [5.74, 6) is -2.66. The van der Waals surface area contributed by atoms with Crippen molar-refractivity contribution in [3.63, 3.8) is 0 Å². The molecule has 30 heavy (non-hydrogen) atoms. The van der Waals surface area contributed by atoms with E-state index in [1.165, 1.54) is 37.6 Å². The number of amides is 4. The molecule has 9 heteroatoms. The Morgan fingerprint density at radius 1 is 1.10 bits per heavy atom. The molecule has 2 aromatic carbocycles. The summed E-state index contributed by atoms with van der Waals surface area (Å²) in [6.45, 7) is 1.98. The van der Waals surface area contributed by atoms with Gasteiger partial charge in [-0.2, -0.15) is 0 Å². The van der Waals surface area contributed by atoms with Gasteiger partial charge >= 0.3 is 12.0 Å². The first-order valence-corrected chi connectivity index (χ1v) is 9.08. The lowest BCUT2D eigenvalue weighted by molar-refractivity contribution is -0.131. The number of carbonyl (C=O) groups excluding carboxylic acids is 4. The van der Waals surface area contributed by atoms with Crippen LogP contribution in [0.15, 0.2) is 53.5 Å². The highest BCUT2D eigenvalue weighted by Gasteiger charge is 2.40. The molecule has 0 radical (unpaired) electrons. The summed E-state index contributed by atoms with van der Waals surface area (Å²) in [4.78, 5) is 53.9. The molecule has 9 nitrogen and oxygen atoms in total. The third kappa shape index (κ3) is 4.35. The quantitative estimate of drug-likeness (QED) is 0.445. The highest BCUT2D eigenvalue weighted by atomic mass is 16.5. The Morgan fingerprint density at radius 3 is 2.37 bits per heavy atom. The van der Waals surface area contributed by atoms with Gasteiger partial charge in [0, 0.05) is 6.21 Å². The number of rotatable bonds is 6. The number of ether oxygens (including phenoxy) is 2. The second kappa shape index (κ2) is 8.99. The van der Waals surface area contributed by atoms with Crippen LogP contribution in [0.2, 0.25) is 0 Å². The molecule has 0 saturated carbocycles. The van der Waals surface area contributed by atoms with Gasteiger partial charge in [-0.15, -0.1) is 0 Å². The van der Waals surface area contributed by atoms with E-state index < -0.39 is 29.7 Å². The normalized spacial score (nSPS) is 16.5. The molecule has 0 aromatic heterocycles. The van der Waals surface area contributed by atoms with Crippen LogP contribution < -0.4 is 15.0 Å². The highest BCUT2D eigenvalue weighted by molar-refractivity contribution is 6.32. The Morgan fingerprint density at radius 2 is 1.77 bits per heavy atom. The molecule has 0 bridgehead atoms. The molecule has 3 rings (SSSR count). The topological polar surface area (TPSA) is 114 Å². The molecule has 1 fully saturated rings. The highest BCUT2D eigenvalue weighted by Crippen LogP contribution is 2.23. The Bertz CT molecular complexity index is 998. The fraction of sp³-hybridized carbons (Fsp3) is 0.190. The minimum Gasteiger partial charge on any atom is -0.497 e. The SMILES string of the molecule is CCOC(=O)c1ccc(N=C[C@@H]2C(=O)NC(=O)N(c3ccc(OC)cc3)C2=O)cc1. The summed E-state index contributed by atoms with van der Waals surface area (Å²) in [7, 11) is 1.50. The Hall–Kier alpha value is -4.01. The molecule has 0 unspecified atom stereocenters. The van der Waals surface area contributed by atoms with E-state index in [1.807, 2.05) is 0 Å². The predicted molar refractivity (Wildman–Crippen MR) is 108 cm³/mol. The van der Waals surface area contributed by atoms with Crippen LogP contribution in [0.1, 0.15) is 17.3 Å². The van der Waals surface area contributed by atoms with Crippen LogP contribution in [-0.2, 0) is 14.3 Å². The Labute approximate surface area is 172 Å². The van der Waals surface area contributed by atoms with Crippen molar-refractivity contribution in [2.24, 2.45) is 10.9 Å². The van der Waals surface area contributed by atoms with Crippen LogP contribution in [0, 0.1) is 5.92 Å². The number of nitrogens with one attached hydrogen (secondary N) is 1. The number of nitrogens with zero attached hydrogens (tertiary/aromatic N) is 2. The van der Waals surface area contributed by atoms with Gasteiger partial charge in [-0.05, 0) is 55.5 Å². The maximum Gasteiger partial charge on any atom is 0.338 e. The average Bonchev–Trinajstić information content (AvgIpc) is 2.74. The Balaban J connectivity index is 1.79. The van der Waals surface area contributed by atoms with Crippen LogP contribution in [-0.4, -0.2) is 43.7 Å². The largest absolute Gasteiger partial charge is 0.497 e. The van der Waals surface area contributed by atoms with Gasteiger partial charge in [0.25, 0.3) is 5.91 Å². The number of carbonyl (C=O) groups is 4. The third-order valence-corrected chi connectivity index (χ3v) is 4.28. The van der Waals surface area contributed by atoms with Gasteiger partial charge in [0.1, 0.15) is 5.75 Å². The summed E-state index contributed by atoms with van der Waals surface area (Å²) < 4.78 is 9.97. The number of hydrogen-bond donors (Lipinski definition) is 1. The summed E-state index contributed by atoms with van der Waals surface area (Å²) in [6, 6.07) is 11.6. The van der Waals surface area contributed by atoms with Gasteiger partial charge in [-0.3, -0.25) is 19.9 Å². The van der Waals surface area contributed by atoms with E-state index in [2.05, 4.69) is 10.3 Å². The van der Waals surface area contributed by atoms with Crippen molar-refractivity contribution in [2.75, 3.05) is 18.6 Å². The van der Waals surface area contributed by atoms with Crippen LogP contribution in [0.4, 0.5) is 16.2 Å². The van der Waals surface area contributed by atoms with Crippen LogP contribution >= 0.6 is 0 Å². The summed E-state index contributed by atoms with van der Waals surface area (Å²) in [5, 5.41) is 2.15. The number of anilines is 1. The standard InChI is InChI=1S/C21H19N3O6/c1-3-30-20(27)13-4-6-14(7-5-13)22-12-17-18(25)23-21(28)24(19(17)26)15-8-10-16(29-2)11-9-15/h4-12,17H,3H2,1-2H3,(H,23,25,28)/t17-/m1/s1. The molecule has 2 aromatic rings. The molecule has 0 aliphatic carbocycles. The number of urea groups is 1. The number of methoxy groups -OCH3 is 1. The third-order valence-electron chi connectivity index (χ3n) is 4.28. The van der Waals surface area contributed by atoms with Crippen LogP contribution in [0.3, 0.4) is 0 Å². The van der Waals surface area contributed by atoms with Crippen LogP contribution in [0.5, 0.6) is 5.75 Å². The second-order valence-electron chi connectivity index (χ2n) is 6.19. The van der Waals surface area contributed by atoms with Crippen molar-refractivity contribution in [3.8, 4) is 5.75 Å². The zero-order valence-electron chi connectivity index (χ0n) is 16.3. The fourth-order valence-corrected chi connectivity index (χ4v) is 2.76. The molecule has 4 amide bonds. The van der Waals surface area contributed by atoms with E-state index in [0.29, 0.717) is 22.7 Å². The lowest BCUT2D eigenvalue weighted by Gasteiger charge is -2.28. The van der Waals surface area contributed by atoms with E-state index in [4.69, 9.17) is 9.47 Å². The van der Waals surface area contributed by atoms with Crippen molar-refractivity contribution in [1.29, 1.82) is 0 Å². The molecule has 1 atom stereocenters. The van der Waals surface area contributed by atoms with E-state index in [-0.39, 0.29) is 6.61 Å². The summed E-state index contributed by atoms with van der Waals surface area (Å²) in [5.41, 5.74) is 1.08. The molecule has 1 aliphatic rings. The number of benzene rings is 2. The fourth-order valence-electron chi connectivity index (χ4n) is 2.76. The van der Waals surface area contributed by atoms with Gasteiger partial charge in [0.2, 0.25) is 5.91 Å². The summed E-state index contributed by atoms with van der Waals surface area (Å²) in [6.07, 6.45) is 1.17. The minimum absolute atomic E-state index is 0.265. The smallest absolute Gasteiger partial charge is 0.338 e. The van der Waals surface area contributed by atoms with E-state index in [0.717, 1.165) is 4.90 Å². The first kappa shape index (κ1) is 20.7. The molecule has 1 saturated heterocycles. The zero-order chi connectivity index (χ0) is 21.7.